The SMILES string of the molecule is S=C(NCc1ccc(Cl)cc1)NNc1ccccc1. The van der Waals surface area contributed by atoms with Crippen LogP contribution in [0.15, 0.2) is 54.6 Å². The monoisotopic (exact) mass is 291 g/mol. The van der Waals surface area contributed by atoms with Crippen LogP contribution in [0.2, 0.25) is 5.02 Å². The first-order valence-corrected chi connectivity index (χ1v) is 6.62. The van der Waals surface area contributed by atoms with Gasteiger partial charge in [0.2, 0.25) is 0 Å². The Morgan fingerprint density at radius 2 is 1.68 bits per heavy atom. The van der Waals surface area contributed by atoms with Gasteiger partial charge < -0.3 is 5.32 Å². The van der Waals surface area contributed by atoms with Crippen LogP contribution in [0.25, 0.3) is 0 Å². The van der Waals surface area contributed by atoms with Gasteiger partial charge in [-0.2, -0.15) is 0 Å². The fourth-order valence-electron chi connectivity index (χ4n) is 1.48. The maximum atomic E-state index is 5.82. The molecule has 98 valence electrons. The Bertz CT molecular complexity index is 528. The van der Waals surface area contributed by atoms with Crippen LogP contribution in [0.1, 0.15) is 5.56 Å². The molecule has 0 aromatic heterocycles. The van der Waals surface area contributed by atoms with Crippen molar-refractivity contribution in [3.8, 4) is 0 Å². The van der Waals surface area contributed by atoms with Crippen LogP contribution in [0.4, 0.5) is 5.69 Å². The first kappa shape index (κ1) is 13.6. The van der Waals surface area contributed by atoms with Gasteiger partial charge >= 0.3 is 0 Å². The Balaban J connectivity index is 1.74. The molecule has 19 heavy (non-hydrogen) atoms. The van der Waals surface area contributed by atoms with Crippen LogP contribution in [0.3, 0.4) is 0 Å². The van der Waals surface area contributed by atoms with E-state index < -0.39 is 0 Å². The van der Waals surface area contributed by atoms with Gasteiger partial charge in [-0.1, -0.05) is 41.9 Å². The maximum absolute atomic E-state index is 5.82. The first-order valence-electron chi connectivity index (χ1n) is 5.83. The van der Waals surface area contributed by atoms with E-state index in [0.29, 0.717) is 11.7 Å². The highest BCUT2D eigenvalue weighted by Gasteiger charge is 1.96. The highest BCUT2D eigenvalue weighted by Crippen LogP contribution is 2.09. The van der Waals surface area contributed by atoms with E-state index >= 15 is 0 Å². The van der Waals surface area contributed by atoms with Crippen molar-refractivity contribution in [2.24, 2.45) is 0 Å². The Labute approximate surface area is 123 Å². The molecule has 0 amide bonds. The number of para-hydroxylation sites is 1. The number of hydrogen-bond acceptors (Lipinski definition) is 2. The van der Waals surface area contributed by atoms with E-state index in [-0.39, 0.29) is 0 Å². The Kier molecular flexibility index (Phi) is 5.01. The third-order valence-corrected chi connectivity index (χ3v) is 2.96. The molecule has 0 atom stereocenters. The molecule has 0 saturated carbocycles. The fourth-order valence-corrected chi connectivity index (χ4v) is 1.73. The van der Waals surface area contributed by atoms with Gasteiger partial charge in [0.1, 0.15) is 0 Å². The Hall–Kier alpha value is -1.78. The molecule has 3 N–H and O–H groups in total. The molecule has 0 radical (unpaired) electrons. The summed E-state index contributed by atoms with van der Waals surface area (Å²) in [6, 6.07) is 17.4. The lowest BCUT2D eigenvalue weighted by atomic mass is 10.2. The van der Waals surface area contributed by atoms with E-state index in [4.69, 9.17) is 23.8 Å². The van der Waals surface area contributed by atoms with Crippen molar-refractivity contribution in [3.63, 3.8) is 0 Å². The van der Waals surface area contributed by atoms with Gasteiger partial charge in [-0.3, -0.25) is 10.9 Å². The normalized spacial score (nSPS) is 9.74. The number of halogens is 1. The van der Waals surface area contributed by atoms with Crippen LogP contribution < -0.4 is 16.2 Å². The molecular formula is C14H14ClN3S. The predicted molar refractivity (Wildman–Crippen MR) is 84.1 cm³/mol. The van der Waals surface area contributed by atoms with Gasteiger partial charge in [-0.25, -0.2) is 0 Å². The summed E-state index contributed by atoms with van der Waals surface area (Å²) in [5.41, 5.74) is 8.02. The first-order chi connectivity index (χ1) is 9.24. The smallest absolute Gasteiger partial charge is 0.185 e. The van der Waals surface area contributed by atoms with Crippen molar-refractivity contribution in [3.05, 3.63) is 65.2 Å². The summed E-state index contributed by atoms with van der Waals surface area (Å²) in [6.45, 7) is 0.652. The molecule has 5 heteroatoms. The van der Waals surface area contributed by atoms with E-state index in [2.05, 4.69) is 16.2 Å². The van der Waals surface area contributed by atoms with Crippen LogP contribution >= 0.6 is 23.8 Å². The lowest BCUT2D eigenvalue weighted by Crippen LogP contribution is -2.38. The van der Waals surface area contributed by atoms with Crippen LogP contribution in [-0.4, -0.2) is 5.11 Å². The van der Waals surface area contributed by atoms with Crippen LogP contribution in [-0.2, 0) is 6.54 Å². The third-order valence-electron chi connectivity index (χ3n) is 2.46. The number of hydrogen-bond donors (Lipinski definition) is 3. The van der Waals surface area contributed by atoms with Gasteiger partial charge in [0.15, 0.2) is 5.11 Å². The second-order valence-electron chi connectivity index (χ2n) is 3.93. The molecule has 2 aromatic carbocycles. The number of hydrazine groups is 1. The van der Waals surface area contributed by atoms with E-state index in [0.717, 1.165) is 16.3 Å². The average Bonchev–Trinajstić information content (AvgIpc) is 2.45. The number of thiocarbonyl (C=S) groups is 1. The van der Waals surface area contributed by atoms with Crippen LogP contribution in [0, 0.1) is 0 Å². The molecule has 0 saturated heterocycles. The molecular weight excluding hydrogens is 278 g/mol. The number of rotatable bonds is 4. The largest absolute Gasteiger partial charge is 0.357 e. The van der Waals surface area contributed by atoms with Gasteiger partial charge in [-0.15, -0.1) is 0 Å². The average molecular weight is 292 g/mol. The van der Waals surface area contributed by atoms with Crippen molar-refractivity contribution in [1.82, 2.24) is 10.7 Å². The predicted octanol–water partition coefficient (Wildman–Crippen LogP) is 3.33. The van der Waals surface area contributed by atoms with Crippen molar-refractivity contribution in [2.75, 3.05) is 5.43 Å². The fraction of sp³-hybridized carbons (Fsp3) is 0.0714. The summed E-state index contributed by atoms with van der Waals surface area (Å²) >= 11 is 11.0. The topological polar surface area (TPSA) is 36.1 Å². The maximum Gasteiger partial charge on any atom is 0.185 e. The van der Waals surface area contributed by atoms with Crippen LogP contribution in [0.5, 0.6) is 0 Å². The molecule has 2 aromatic rings. The zero-order chi connectivity index (χ0) is 13.5. The lowest BCUT2D eigenvalue weighted by molar-refractivity contribution is 0.886. The van der Waals surface area contributed by atoms with Crippen molar-refractivity contribution >= 4 is 34.6 Å². The molecule has 0 bridgehead atoms. The molecule has 0 aliphatic heterocycles. The van der Waals surface area contributed by atoms with Gasteiger partial charge in [0.05, 0.1) is 5.69 Å². The molecule has 2 rings (SSSR count). The Morgan fingerprint density at radius 3 is 2.37 bits per heavy atom. The minimum absolute atomic E-state index is 0.541. The van der Waals surface area contributed by atoms with E-state index in [1.54, 1.807) is 0 Å². The number of nitrogens with one attached hydrogen (secondary N) is 3. The van der Waals surface area contributed by atoms with Gasteiger partial charge in [-0.05, 0) is 42.0 Å². The molecule has 0 fully saturated rings. The summed E-state index contributed by atoms with van der Waals surface area (Å²) in [4.78, 5) is 0. The number of benzene rings is 2. The molecule has 0 heterocycles. The second-order valence-corrected chi connectivity index (χ2v) is 4.77. The van der Waals surface area contributed by atoms with E-state index in [1.165, 1.54) is 0 Å². The van der Waals surface area contributed by atoms with Gasteiger partial charge in [0.25, 0.3) is 0 Å². The minimum atomic E-state index is 0.541. The van der Waals surface area contributed by atoms with E-state index in [1.807, 2.05) is 54.6 Å². The lowest BCUT2D eigenvalue weighted by Gasteiger charge is -2.12. The standard InChI is InChI=1S/C14H14ClN3S/c15-12-8-6-11(7-9-12)10-16-14(19)18-17-13-4-2-1-3-5-13/h1-9,17H,10H2,(H2,16,18,19). The van der Waals surface area contributed by atoms with Crippen molar-refractivity contribution < 1.29 is 0 Å². The quantitative estimate of drug-likeness (QED) is 0.596. The minimum Gasteiger partial charge on any atom is -0.357 e. The van der Waals surface area contributed by atoms with E-state index in [9.17, 15) is 0 Å². The summed E-state index contributed by atoms with van der Waals surface area (Å²) in [5.74, 6) is 0. The molecule has 0 spiro atoms. The summed E-state index contributed by atoms with van der Waals surface area (Å²) in [7, 11) is 0. The van der Waals surface area contributed by atoms with Crippen molar-refractivity contribution in [1.29, 1.82) is 0 Å². The summed E-state index contributed by atoms with van der Waals surface area (Å²) < 4.78 is 0. The molecule has 0 aliphatic rings. The summed E-state index contributed by atoms with van der Waals surface area (Å²) in [6.07, 6.45) is 0. The highest BCUT2D eigenvalue weighted by atomic mass is 35.5. The Morgan fingerprint density at radius 1 is 1.00 bits per heavy atom. The highest BCUT2D eigenvalue weighted by molar-refractivity contribution is 7.80. The number of anilines is 1. The van der Waals surface area contributed by atoms with Crippen molar-refractivity contribution in [2.45, 2.75) is 6.54 Å². The second kappa shape index (κ2) is 6.97. The molecule has 0 unspecified atom stereocenters. The van der Waals surface area contributed by atoms with Gasteiger partial charge in [0, 0.05) is 11.6 Å². The molecule has 3 nitrogen and oxygen atoms in total. The molecule has 0 aliphatic carbocycles. The third kappa shape index (κ3) is 4.77. The zero-order valence-electron chi connectivity index (χ0n) is 10.2. The summed E-state index contributed by atoms with van der Waals surface area (Å²) in [5, 5.41) is 4.38. The zero-order valence-corrected chi connectivity index (χ0v) is 11.8.